The molecule has 0 unspecified atom stereocenters. The van der Waals surface area contributed by atoms with Gasteiger partial charge < -0.3 is 5.32 Å². The number of nitrogens with one attached hydrogen (secondary N) is 1. The number of hydrogen-bond acceptors (Lipinski definition) is 2. The highest BCUT2D eigenvalue weighted by atomic mass is 14.9. The minimum atomic E-state index is 0.0962. The average molecular weight is 373 g/mol. The zero-order valence-electron chi connectivity index (χ0n) is 17.9. The first-order chi connectivity index (χ1) is 13.2. The summed E-state index contributed by atoms with van der Waals surface area (Å²) in [7, 11) is 0. The number of rotatable bonds is 3. The fourth-order valence-corrected chi connectivity index (χ4v) is 4.20. The fraction of sp³-hybridized carbons (Fsp3) is 0.423. The third kappa shape index (κ3) is 3.84. The van der Waals surface area contributed by atoms with E-state index in [1.165, 1.54) is 33.2 Å². The maximum absolute atomic E-state index is 4.76. The van der Waals surface area contributed by atoms with Crippen LogP contribution in [-0.2, 0) is 30.2 Å². The number of aromatic nitrogens is 1. The van der Waals surface area contributed by atoms with Crippen LogP contribution in [0, 0.1) is 0 Å². The van der Waals surface area contributed by atoms with Crippen molar-refractivity contribution in [1.82, 2.24) is 10.3 Å². The van der Waals surface area contributed by atoms with Crippen LogP contribution in [0.4, 0.5) is 0 Å². The predicted molar refractivity (Wildman–Crippen MR) is 119 cm³/mol. The van der Waals surface area contributed by atoms with E-state index in [9.17, 15) is 0 Å². The van der Waals surface area contributed by atoms with E-state index in [-0.39, 0.29) is 10.8 Å². The Hall–Kier alpha value is -2.19. The van der Waals surface area contributed by atoms with E-state index in [4.69, 9.17) is 4.98 Å². The third-order valence-corrected chi connectivity index (χ3v) is 6.13. The Morgan fingerprint density at radius 3 is 2.50 bits per heavy atom. The zero-order valence-corrected chi connectivity index (χ0v) is 17.9. The molecule has 0 fully saturated rings. The minimum Gasteiger partial charge on any atom is -0.312 e. The van der Waals surface area contributed by atoms with Gasteiger partial charge in [0.15, 0.2) is 0 Å². The predicted octanol–water partition coefficient (Wildman–Crippen LogP) is 5.70. The van der Waals surface area contributed by atoms with Gasteiger partial charge in [-0.1, -0.05) is 65.0 Å². The van der Waals surface area contributed by atoms with Crippen molar-refractivity contribution in [2.24, 2.45) is 0 Å². The SMILES string of the molecule is CC(C)(C)c1cnc2cc(CC(C)(C)c3ccc4c(c3)CCNC4)ccc2c1. The Bertz CT molecular complexity index is 1010. The van der Waals surface area contributed by atoms with Crippen LogP contribution in [-0.4, -0.2) is 11.5 Å². The maximum atomic E-state index is 4.76. The molecule has 1 N–H and O–H groups in total. The Kier molecular flexibility index (Phi) is 4.79. The molecule has 2 nitrogen and oxygen atoms in total. The quantitative estimate of drug-likeness (QED) is 0.638. The molecule has 1 aliphatic rings. The van der Waals surface area contributed by atoms with Gasteiger partial charge in [-0.15, -0.1) is 0 Å². The molecule has 4 rings (SSSR count). The molecule has 3 aromatic rings. The van der Waals surface area contributed by atoms with Gasteiger partial charge in [0.25, 0.3) is 0 Å². The highest BCUT2D eigenvalue weighted by Crippen LogP contribution is 2.31. The van der Waals surface area contributed by atoms with Crippen LogP contribution in [0.25, 0.3) is 10.9 Å². The second-order valence-corrected chi connectivity index (χ2v) is 9.97. The first kappa shape index (κ1) is 19.1. The van der Waals surface area contributed by atoms with Crippen molar-refractivity contribution >= 4 is 10.9 Å². The van der Waals surface area contributed by atoms with Crippen LogP contribution in [0.5, 0.6) is 0 Å². The summed E-state index contributed by atoms with van der Waals surface area (Å²) in [6.45, 7) is 13.5. The molecule has 2 aromatic carbocycles. The fourth-order valence-electron chi connectivity index (χ4n) is 4.20. The molecule has 0 saturated heterocycles. The standard InChI is InChI=1S/C26H32N2/c1-25(2,3)23-14-20-7-6-18(12-24(20)28-17-23)15-26(4,5)22-9-8-21-16-27-11-10-19(21)13-22/h6-9,12-14,17,27H,10-11,15-16H2,1-5H3. The van der Waals surface area contributed by atoms with E-state index < -0.39 is 0 Å². The molecule has 28 heavy (non-hydrogen) atoms. The Morgan fingerprint density at radius 2 is 1.71 bits per heavy atom. The zero-order chi connectivity index (χ0) is 19.9. The molecule has 0 amide bonds. The highest BCUT2D eigenvalue weighted by Gasteiger charge is 2.23. The minimum absolute atomic E-state index is 0.0962. The van der Waals surface area contributed by atoms with Gasteiger partial charge in [0.1, 0.15) is 0 Å². The molecule has 2 heterocycles. The molecule has 0 radical (unpaired) electrons. The molecule has 0 atom stereocenters. The molecule has 2 heteroatoms. The average Bonchev–Trinajstić information content (AvgIpc) is 2.66. The first-order valence-electron chi connectivity index (χ1n) is 10.4. The van der Waals surface area contributed by atoms with E-state index in [2.05, 4.69) is 82.4 Å². The number of hydrogen-bond donors (Lipinski definition) is 1. The topological polar surface area (TPSA) is 24.9 Å². The van der Waals surface area contributed by atoms with Gasteiger partial charge in [-0.25, -0.2) is 0 Å². The lowest BCUT2D eigenvalue weighted by atomic mass is 9.77. The second kappa shape index (κ2) is 7.00. The lowest BCUT2D eigenvalue weighted by Gasteiger charge is -2.28. The van der Waals surface area contributed by atoms with Gasteiger partial charge in [0, 0.05) is 18.1 Å². The van der Waals surface area contributed by atoms with Crippen molar-refractivity contribution in [1.29, 1.82) is 0 Å². The lowest BCUT2D eigenvalue weighted by molar-refractivity contribution is 0.520. The summed E-state index contributed by atoms with van der Waals surface area (Å²) in [6, 6.07) is 16.1. The van der Waals surface area contributed by atoms with Crippen molar-refractivity contribution < 1.29 is 0 Å². The Labute approximate surface area is 169 Å². The van der Waals surface area contributed by atoms with Crippen LogP contribution in [0.3, 0.4) is 0 Å². The van der Waals surface area contributed by atoms with Gasteiger partial charge in [-0.2, -0.15) is 0 Å². The molecule has 146 valence electrons. The Balaban J connectivity index is 1.61. The van der Waals surface area contributed by atoms with E-state index in [0.717, 1.165) is 31.4 Å². The number of benzene rings is 2. The monoisotopic (exact) mass is 372 g/mol. The number of nitrogens with zero attached hydrogens (tertiary/aromatic N) is 1. The second-order valence-electron chi connectivity index (χ2n) is 9.97. The van der Waals surface area contributed by atoms with E-state index >= 15 is 0 Å². The van der Waals surface area contributed by atoms with Crippen molar-refractivity contribution in [3.8, 4) is 0 Å². The van der Waals surface area contributed by atoms with Crippen molar-refractivity contribution in [2.75, 3.05) is 6.54 Å². The Morgan fingerprint density at radius 1 is 0.893 bits per heavy atom. The summed E-state index contributed by atoms with van der Waals surface area (Å²) < 4.78 is 0. The third-order valence-electron chi connectivity index (χ3n) is 6.13. The normalized spacial score (nSPS) is 14.9. The van der Waals surface area contributed by atoms with Crippen molar-refractivity contribution in [3.63, 3.8) is 0 Å². The van der Waals surface area contributed by atoms with E-state index in [0.29, 0.717) is 0 Å². The summed E-state index contributed by atoms with van der Waals surface area (Å²) in [5.41, 5.74) is 8.36. The molecule has 0 spiro atoms. The van der Waals surface area contributed by atoms with E-state index in [1.807, 2.05) is 6.20 Å². The molecular weight excluding hydrogens is 340 g/mol. The van der Waals surface area contributed by atoms with Gasteiger partial charge in [-0.05, 0) is 70.2 Å². The summed E-state index contributed by atoms with van der Waals surface area (Å²) in [6.07, 6.45) is 4.19. The van der Waals surface area contributed by atoms with Gasteiger partial charge in [-0.3, -0.25) is 4.98 Å². The van der Waals surface area contributed by atoms with E-state index in [1.54, 1.807) is 0 Å². The van der Waals surface area contributed by atoms with Crippen molar-refractivity contribution in [2.45, 2.75) is 64.8 Å². The molecular formula is C26H32N2. The maximum Gasteiger partial charge on any atom is 0.0704 e. The van der Waals surface area contributed by atoms with Gasteiger partial charge >= 0.3 is 0 Å². The summed E-state index contributed by atoms with van der Waals surface area (Å²) in [4.78, 5) is 4.76. The largest absolute Gasteiger partial charge is 0.312 e. The van der Waals surface area contributed by atoms with Crippen LogP contribution in [0.15, 0.2) is 48.7 Å². The number of pyridine rings is 1. The van der Waals surface area contributed by atoms with Crippen LogP contribution in [0.1, 0.15) is 62.4 Å². The van der Waals surface area contributed by atoms with Crippen LogP contribution >= 0.6 is 0 Å². The van der Waals surface area contributed by atoms with Crippen LogP contribution in [0.2, 0.25) is 0 Å². The molecule has 1 aromatic heterocycles. The molecule has 0 aliphatic carbocycles. The molecule has 0 bridgehead atoms. The summed E-state index contributed by atoms with van der Waals surface area (Å²) in [5, 5.41) is 4.69. The first-order valence-corrected chi connectivity index (χ1v) is 10.4. The smallest absolute Gasteiger partial charge is 0.0704 e. The lowest BCUT2D eigenvalue weighted by Crippen LogP contribution is -2.26. The van der Waals surface area contributed by atoms with Gasteiger partial charge in [0.2, 0.25) is 0 Å². The number of fused-ring (bicyclic) bond motifs is 2. The van der Waals surface area contributed by atoms with Crippen LogP contribution < -0.4 is 5.32 Å². The highest BCUT2D eigenvalue weighted by molar-refractivity contribution is 5.80. The summed E-state index contributed by atoms with van der Waals surface area (Å²) >= 11 is 0. The summed E-state index contributed by atoms with van der Waals surface area (Å²) in [5.74, 6) is 0. The van der Waals surface area contributed by atoms with Gasteiger partial charge in [0.05, 0.1) is 5.52 Å². The van der Waals surface area contributed by atoms with Crippen molar-refractivity contribution in [3.05, 3.63) is 76.5 Å². The molecule has 1 aliphatic heterocycles. The molecule has 0 saturated carbocycles.